The van der Waals surface area contributed by atoms with Crippen molar-refractivity contribution in [3.05, 3.63) is 52.3 Å². The summed E-state index contributed by atoms with van der Waals surface area (Å²) in [5.41, 5.74) is 0.137. The fourth-order valence-electron chi connectivity index (χ4n) is 5.65. The quantitative estimate of drug-likeness (QED) is 0.495. The van der Waals surface area contributed by atoms with Gasteiger partial charge in [0.1, 0.15) is 17.4 Å². The average Bonchev–Trinajstić information content (AvgIpc) is 3.20. The number of alkyl halides is 1. The van der Waals surface area contributed by atoms with Gasteiger partial charge in [-0.3, -0.25) is 14.0 Å². The molecule has 6 rings (SSSR count). The van der Waals surface area contributed by atoms with Crippen LogP contribution in [0.3, 0.4) is 0 Å². The Bertz CT molecular complexity index is 1420. The van der Waals surface area contributed by atoms with E-state index in [1.165, 1.54) is 16.8 Å². The number of pyridine rings is 1. The summed E-state index contributed by atoms with van der Waals surface area (Å²) < 4.78 is 34.0. The molecule has 0 aromatic carbocycles. The second-order valence-electron chi connectivity index (χ2n) is 10.7. The summed E-state index contributed by atoms with van der Waals surface area (Å²) in [6, 6.07) is 2.64. The van der Waals surface area contributed by atoms with E-state index in [9.17, 15) is 14.0 Å². The number of hydrogen-bond acceptors (Lipinski definition) is 7. The van der Waals surface area contributed by atoms with Crippen LogP contribution in [0, 0.1) is 0 Å². The second kappa shape index (κ2) is 8.63. The van der Waals surface area contributed by atoms with Gasteiger partial charge in [-0.05, 0) is 45.2 Å². The molecule has 1 saturated heterocycles. The van der Waals surface area contributed by atoms with Gasteiger partial charge in [-0.1, -0.05) is 0 Å². The molecule has 2 bridgehead atoms. The maximum absolute atomic E-state index is 13.6. The molecule has 2 aliphatic carbocycles. The van der Waals surface area contributed by atoms with E-state index >= 15 is 0 Å². The van der Waals surface area contributed by atoms with Gasteiger partial charge in [0.15, 0.2) is 0 Å². The highest BCUT2D eigenvalue weighted by atomic mass is 19.1. The summed E-state index contributed by atoms with van der Waals surface area (Å²) in [6.45, 7) is 4.79. The standard InChI is InChI=1S/C26H30FN5O5/c1-15(2)37-22-16(21(33)28-18-5-4-8-32(23(18)34)19-9-17(19)27)10-31-11-20(29-24(31)30-22)25-6-7-26(12-25,14-35-3)36-13-25/h4-5,8,10-11,15,17,19H,6-7,9,12-14H2,1-3H3,(H,28,33)/t17-,19+,25-,26-/m0/s1. The van der Waals surface area contributed by atoms with Crippen LogP contribution in [0.2, 0.25) is 0 Å². The molecule has 3 aliphatic rings. The first kappa shape index (κ1) is 24.1. The van der Waals surface area contributed by atoms with E-state index in [4.69, 9.17) is 19.2 Å². The molecule has 10 nitrogen and oxygen atoms in total. The highest BCUT2D eigenvalue weighted by Gasteiger charge is 2.57. The van der Waals surface area contributed by atoms with Crippen LogP contribution in [0.1, 0.15) is 61.6 Å². The molecule has 4 heterocycles. The number of hydrogen-bond donors (Lipinski definition) is 1. The normalized spacial score (nSPS) is 28.2. The van der Waals surface area contributed by atoms with Gasteiger partial charge in [0, 0.05) is 37.5 Å². The third-order valence-corrected chi connectivity index (χ3v) is 7.59. The van der Waals surface area contributed by atoms with Crippen molar-refractivity contribution in [2.24, 2.45) is 0 Å². The fraction of sp³-hybridized carbons (Fsp3) is 0.538. The predicted molar refractivity (Wildman–Crippen MR) is 132 cm³/mol. The molecule has 196 valence electrons. The van der Waals surface area contributed by atoms with E-state index in [0.717, 1.165) is 25.0 Å². The molecule has 4 atom stereocenters. The van der Waals surface area contributed by atoms with Gasteiger partial charge >= 0.3 is 0 Å². The van der Waals surface area contributed by atoms with Crippen LogP contribution in [0.15, 0.2) is 35.5 Å². The molecule has 2 saturated carbocycles. The molecule has 0 unspecified atom stereocenters. The molecule has 1 aliphatic heterocycles. The van der Waals surface area contributed by atoms with Gasteiger partial charge in [0.25, 0.3) is 11.5 Å². The first-order valence-electron chi connectivity index (χ1n) is 12.6. The number of nitrogens with one attached hydrogen (secondary N) is 1. The van der Waals surface area contributed by atoms with E-state index in [-0.39, 0.29) is 34.3 Å². The summed E-state index contributed by atoms with van der Waals surface area (Å²) in [7, 11) is 1.68. The smallest absolute Gasteiger partial charge is 0.274 e. The lowest BCUT2D eigenvalue weighted by atomic mass is 9.84. The van der Waals surface area contributed by atoms with Crippen molar-refractivity contribution in [1.82, 2.24) is 18.9 Å². The molecule has 3 aromatic rings. The molecule has 1 amide bonds. The first-order valence-corrected chi connectivity index (χ1v) is 12.6. The van der Waals surface area contributed by atoms with E-state index in [0.29, 0.717) is 25.4 Å². The third kappa shape index (κ3) is 4.10. The fourth-order valence-corrected chi connectivity index (χ4v) is 5.65. The highest BCUT2D eigenvalue weighted by molar-refractivity contribution is 6.05. The van der Waals surface area contributed by atoms with Crippen LogP contribution in [-0.4, -0.2) is 63.0 Å². The third-order valence-electron chi connectivity index (χ3n) is 7.59. The summed E-state index contributed by atoms with van der Waals surface area (Å²) in [4.78, 5) is 35.5. The number of methoxy groups -OCH3 is 1. The van der Waals surface area contributed by atoms with Gasteiger partial charge in [-0.25, -0.2) is 9.37 Å². The number of anilines is 1. The monoisotopic (exact) mass is 511 g/mol. The van der Waals surface area contributed by atoms with Crippen molar-refractivity contribution in [2.45, 2.75) is 68.9 Å². The topological polar surface area (TPSA) is 109 Å². The van der Waals surface area contributed by atoms with Gasteiger partial charge < -0.3 is 24.1 Å². The number of nitrogens with zero attached hydrogens (tertiary/aromatic N) is 4. The van der Waals surface area contributed by atoms with Gasteiger partial charge in [0.2, 0.25) is 11.7 Å². The van der Waals surface area contributed by atoms with Crippen molar-refractivity contribution in [2.75, 3.05) is 25.6 Å². The summed E-state index contributed by atoms with van der Waals surface area (Å²) >= 11 is 0. The SMILES string of the molecule is COC[C@@]12CC[C@@](c3cn4cc(C(=O)Nc5cccn([C@@H]6C[C@@H]6F)c5=O)c(OC(C)C)nc4n3)(CO1)C2. The van der Waals surface area contributed by atoms with Crippen LogP contribution in [0.25, 0.3) is 5.78 Å². The van der Waals surface area contributed by atoms with Crippen molar-refractivity contribution in [1.29, 1.82) is 0 Å². The lowest BCUT2D eigenvalue weighted by molar-refractivity contribution is -0.0659. The Morgan fingerprint density at radius 1 is 1.32 bits per heavy atom. The average molecular weight is 512 g/mol. The first-order chi connectivity index (χ1) is 17.7. The van der Waals surface area contributed by atoms with Crippen LogP contribution in [-0.2, 0) is 14.9 Å². The van der Waals surface area contributed by atoms with E-state index in [1.807, 2.05) is 20.0 Å². The number of halogens is 1. The lowest BCUT2D eigenvalue weighted by Gasteiger charge is -2.27. The number of ether oxygens (including phenoxy) is 3. The number of rotatable bonds is 8. The minimum Gasteiger partial charge on any atom is -0.474 e. The molecule has 0 radical (unpaired) electrons. The Morgan fingerprint density at radius 3 is 2.81 bits per heavy atom. The van der Waals surface area contributed by atoms with Crippen molar-refractivity contribution in [3.63, 3.8) is 0 Å². The Hall–Kier alpha value is -3.31. The van der Waals surface area contributed by atoms with Crippen molar-refractivity contribution in [3.8, 4) is 5.88 Å². The molecule has 11 heteroatoms. The summed E-state index contributed by atoms with van der Waals surface area (Å²) in [6.07, 6.45) is 6.71. The van der Waals surface area contributed by atoms with E-state index < -0.39 is 23.7 Å². The second-order valence-corrected chi connectivity index (χ2v) is 10.7. The molecular formula is C26H30FN5O5. The number of carbonyl (C=O) groups excluding carboxylic acids is 1. The minimum atomic E-state index is -1.04. The van der Waals surface area contributed by atoms with Gasteiger partial charge in [0.05, 0.1) is 36.7 Å². The maximum Gasteiger partial charge on any atom is 0.274 e. The van der Waals surface area contributed by atoms with Crippen molar-refractivity contribution < 1.29 is 23.4 Å². The number of fused-ring (bicyclic) bond motifs is 3. The molecular weight excluding hydrogens is 481 g/mol. The highest BCUT2D eigenvalue weighted by Crippen LogP contribution is 2.54. The van der Waals surface area contributed by atoms with E-state index in [2.05, 4.69) is 10.3 Å². The molecule has 1 N–H and O–H groups in total. The molecule has 3 aromatic heterocycles. The van der Waals surface area contributed by atoms with Crippen LogP contribution < -0.4 is 15.6 Å². The zero-order chi connectivity index (χ0) is 25.9. The van der Waals surface area contributed by atoms with E-state index in [1.54, 1.807) is 23.8 Å². The largest absolute Gasteiger partial charge is 0.474 e. The zero-order valence-electron chi connectivity index (χ0n) is 21.1. The van der Waals surface area contributed by atoms with Crippen LogP contribution in [0.4, 0.5) is 10.1 Å². The number of amides is 1. The van der Waals surface area contributed by atoms with Gasteiger partial charge in [-0.2, -0.15) is 4.98 Å². The Labute approximate surface area is 212 Å². The number of imidazole rings is 1. The van der Waals surface area contributed by atoms with Crippen LogP contribution in [0.5, 0.6) is 5.88 Å². The Morgan fingerprint density at radius 2 is 2.14 bits per heavy atom. The maximum atomic E-state index is 13.6. The molecule has 37 heavy (non-hydrogen) atoms. The summed E-state index contributed by atoms with van der Waals surface area (Å²) in [5, 5.41) is 2.67. The Kier molecular flexibility index (Phi) is 5.61. The number of carbonyl (C=O) groups is 1. The van der Waals surface area contributed by atoms with Crippen molar-refractivity contribution >= 4 is 17.4 Å². The predicted octanol–water partition coefficient (Wildman–Crippen LogP) is 3.05. The zero-order valence-corrected chi connectivity index (χ0v) is 21.1. The molecule has 0 spiro atoms. The minimum absolute atomic E-state index is 0.0657. The summed E-state index contributed by atoms with van der Waals surface area (Å²) in [5.74, 6) is -0.0117. The molecule has 3 fully saturated rings. The lowest BCUT2D eigenvalue weighted by Crippen LogP contribution is -2.32. The van der Waals surface area contributed by atoms with Gasteiger partial charge in [-0.15, -0.1) is 0 Å². The Balaban J connectivity index is 1.33. The van der Waals surface area contributed by atoms with Crippen LogP contribution >= 0.6 is 0 Å². The number of aromatic nitrogens is 4.